The molecule has 0 aliphatic rings. The van der Waals surface area contributed by atoms with Crippen LogP contribution in [-0.4, -0.2) is 20.1 Å². The molecule has 8 heteroatoms. The highest BCUT2D eigenvalue weighted by Gasteiger charge is 2.10. The van der Waals surface area contributed by atoms with Crippen LogP contribution in [0.15, 0.2) is 38.1 Å². The van der Waals surface area contributed by atoms with Crippen LogP contribution < -0.4 is 5.56 Å². The van der Waals surface area contributed by atoms with Gasteiger partial charge in [-0.15, -0.1) is 11.3 Å². The van der Waals surface area contributed by atoms with Crippen LogP contribution in [0.5, 0.6) is 0 Å². The van der Waals surface area contributed by atoms with Gasteiger partial charge in [-0.3, -0.25) is 4.79 Å². The summed E-state index contributed by atoms with van der Waals surface area (Å²) in [4.78, 5) is 24.0. The Hall–Kier alpha value is -1.93. The van der Waals surface area contributed by atoms with Gasteiger partial charge in [0.1, 0.15) is 0 Å². The van der Waals surface area contributed by atoms with Gasteiger partial charge in [-0.05, 0) is 17.9 Å². The maximum absolute atomic E-state index is 11.6. The highest BCUT2D eigenvalue weighted by atomic mass is 32.2. The molecule has 114 valence electrons. The van der Waals surface area contributed by atoms with E-state index in [1.807, 2.05) is 17.5 Å². The molecule has 0 saturated carbocycles. The number of thioether (sulfide) groups is 1. The van der Waals surface area contributed by atoms with E-state index in [1.165, 1.54) is 17.8 Å². The first-order valence-corrected chi connectivity index (χ1v) is 8.70. The minimum atomic E-state index is -0.134. The molecule has 0 atom stereocenters. The summed E-state index contributed by atoms with van der Waals surface area (Å²) in [5.74, 6) is 1.57. The summed E-state index contributed by atoms with van der Waals surface area (Å²) >= 11 is 2.94. The Morgan fingerprint density at radius 1 is 1.41 bits per heavy atom. The van der Waals surface area contributed by atoms with Crippen LogP contribution in [0, 0.1) is 0 Å². The molecule has 0 spiro atoms. The maximum atomic E-state index is 11.6. The molecule has 22 heavy (non-hydrogen) atoms. The average Bonchev–Trinajstić information content (AvgIpc) is 3.16. The molecule has 0 aromatic carbocycles. The minimum absolute atomic E-state index is 0.134. The molecule has 0 fully saturated rings. The molecule has 3 heterocycles. The molecule has 0 aliphatic heterocycles. The Morgan fingerprint density at radius 3 is 3.09 bits per heavy atom. The fourth-order valence-corrected chi connectivity index (χ4v) is 3.27. The van der Waals surface area contributed by atoms with Crippen LogP contribution in [0.25, 0.3) is 10.7 Å². The van der Waals surface area contributed by atoms with Crippen LogP contribution >= 0.6 is 23.1 Å². The fourth-order valence-electron chi connectivity index (χ4n) is 1.89. The Morgan fingerprint density at radius 2 is 2.32 bits per heavy atom. The zero-order valence-electron chi connectivity index (χ0n) is 11.9. The van der Waals surface area contributed by atoms with Gasteiger partial charge in [0, 0.05) is 11.8 Å². The van der Waals surface area contributed by atoms with Crippen molar-refractivity contribution in [3.8, 4) is 10.7 Å². The van der Waals surface area contributed by atoms with Crippen LogP contribution in [0.2, 0.25) is 0 Å². The first-order chi connectivity index (χ1) is 10.7. The number of thiophene rings is 1. The number of nitrogens with one attached hydrogen (secondary N) is 1. The predicted octanol–water partition coefficient (Wildman–Crippen LogP) is 3.13. The summed E-state index contributed by atoms with van der Waals surface area (Å²) in [5, 5.41) is 6.50. The smallest absolute Gasteiger partial charge is 0.251 e. The van der Waals surface area contributed by atoms with E-state index in [4.69, 9.17) is 4.52 Å². The molecule has 0 aliphatic carbocycles. The van der Waals surface area contributed by atoms with E-state index in [1.54, 1.807) is 11.3 Å². The summed E-state index contributed by atoms with van der Waals surface area (Å²) in [6.07, 6.45) is 1.74. The topological polar surface area (TPSA) is 84.7 Å². The van der Waals surface area contributed by atoms with E-state index in [0.29, 0.717) is 22.6 Å². The molecule has 3 aromatic rings. The minimum Gasteiger partial charge on any atom is -0.338 e. The van der Waals surface area contributed by atoms with E-state index in [9.17, 15) is 4.79 Å². The fraction of sp³-hybridized carbons (Fsp3) is 0.286. The summed E-state index contributed by atoms with van der Waals surface area (Å²) in [7, 11) is 0. The lowest BCUT2D eigenvalue weighted by molar-refractivity contribution is 0.391. The largest absolute Gasteiger partial charge is 0.338 e. The van der Waals surface area contributed by atoms with Crippen molar-refractivity contribution >= 4 is 23.1 Å². The van der Waals surface area contributed by atoms with Crippen molar-refractivity contribution in [2.75, 3.05) is 0 Å². The quantitative estimate of drug-likeness (QED) is 0.551. The Balaban J connectivity index is 1.69. The highest BCUT2D eigenvalue weighted by Crippen LogP contribution is 2.23. The van der Waals surface area contributed by atoms with Gasteiger partial charge in [0.15, 0.2) is 5.16 Å². The third-order valence-electron chi connectivity index (χ3n) is 2.82. The average molecular weight is 334 g/mol. The number of hydrogen-bond acceptors (Lipinski definition) is 7. The number of rotatable bonds is 6. The molecule has 0 amide bonds. The number of nitrogens with zero attached hydrogens (tertiary/aromatic N) is 3. The van der Waals surface area contributed by atoms with E-state index in [2.05, 4.69) is 27.0 Å². The van der Waals surface area contributed by atoms with Crippen molar-refractivity contribution in [3.05, 3.63) is 45.5 Å². The summed E-state index contributed by atoms with van der Waals surface area (Å²) in [6.45, 7) is 2.06. The number of aromatic nitrogens is 4. The molecular weight excluding hydrogens is 320 g/mol. The van der Waals surface area contributed by atoms with E-state index >= 15 is 0 Å². The first kappa shape index (κ1) is 15.0. The van der Waals surface area contributed by atoms with Gasteiger partial charge < -0.3 is 9.51 Å². The second-order valence-electron chi connectivity index (χ2n) is 4.57. The zero-order valence-corrected chi connectivity index (χ0v) is 13.5. The normalized spacial score (nSPS) is 11.0. The molecular formula is C14H14N4O2S2. The van der Waals surface area contributed by atoms with Crippen LogP contribution in [-0.2, 0) is 12.2 Å². The third-order valence-corrected chi connectivity index (χ3v) is 4.55. The van der Waals surface area contributed by atoms with Crippen molar-refractivity contribution in [2.24, 2.45) is 0 Å². The Labute approximate surface area is 135 Å². The van der Waals surface area contributed by atoms with Crippen molar-refractivity contribution < 1.29 is 4.52 Å². The van der Waals surface area contributed by atoms with Crippen molar-refractivity contribution in [1.29, 1.82) is 0 Å². The molecule has 1 N–H and O–H groups in total. The lowest BCUT2D eigenvalue weighted by Gasteiger charge is -2.01. The molecule has 3 rings (SSSR count). The second kappa shape index (κ2) is 6.89. The van der Waals surface area contributed by atoms with Crippen molar-refractivity contribution in [3.63, 3.8) is 0 Å². The number of aryl methyl sites for hydroxylation is 1. The molecule has 0 radical (unpaired) electrons. The number of H-pyrrole nitrogens is 1. The molecule has 6 nitrogen and oxygen atoms in total. The first-order valence-electron chi connectivity index (χ1n) is 6.84. The second-order valence-corrected chi connectivity index (χ2v) is 6.48. The maximum Gasteiger partial charge on any atom is 0.251 e. The lowest BCUT2D eigenvalue weighted by Crippen LogP contribution is -2.09. The van der Waals surface area contributed by atoms with Crippen molar-refractivity contribution in [1.82, 2.24) is 20.1 Å². The van der Waals surface area contributed by atoms with Gasteiger partial charge >= 0.3 is 0 Å². The highest BCUT2D eigenvalue weighted by molar-refractivity contribution is 7.98. The van der Waals surface area contributed by atoms with Gasteiger partial charge in [-0.1, -0.05) is 36.3 Å². The SMILES string of the molecule is CCCc1cc(=O)[nH]c(SCc2nc(-c3cccs3)no2)n1. The van der Waals surface area contributed by atoms with Gasteiger partial charge in [-0.25, -0.2) is 4.98 Å². The van der Waals surface area contributed by atoms with E-state index < -0.39 is 0 Å². The standard InChI is InChI=1S/C14H14N4O2S2/c1-2-4-9-7-11(19)16-14(15-9)22-8-12-17-13(18-20-12)10-5-3-6-21-10/h3,5-7H,2,4,8H2,1H3,(H,15,16,19). The van der Waals surface area contributed by atoms with Gasteiger partial charge in [0.05, 0.1) is 10.6 Å². The Kier molecular flexibility index (Phi) is 4.69. The molecule has 3 aromatic heterocycles. The Bertz CT molecular complexity index is 795. The van der Waals surface area contributed by atoms with Crippen LogP contribution in [0.4, 0.5) is 0 Å². The number of hydrogen-bond donors (Lipinski definition) is 1. The summed E-state index contributed by atoms with van der Waals surface area (Å²) < 4.78 is 5.22. The molecule has 0 bridgehead atoms. The molecule has 0 unspecified atom stereocenters. The summed E-state index contributed by atoms with van der Waals surface area (Å²) in [6, 6.07) is 5.42. The van der Waals surface area contributed by atoms with Gasteiger partial charge in [0.2, 0.25) is 11.7 Å². The van der Waals surface area contributed by atoms with Crippen LogP contribution in [0.3, 0.4) is 0 Å². The van der Waals surface area contributed by atoms with Gasteiger partial charge in [-0.2, -0.15) is 4.98 Å². The monoisotopic (exact) mass is 334 g/mol. The lowest BCUT2D eigenvalue weighted by atomic mass is 10.2. The number of aromatic amines is 1. The van der Waals surface area contributed by atoms with E-state index in [-0.39, 0.29) is 5.56 Å². The van der Waals surface area contributed by atoms with Gasteiger partial charge in [0.25, 0.3) is 5.56 Å². The van der Waals surface area contributed by atoms with Crippen LogP contribution in [0.1, 0.15) is 24.9 Å². The van der Waals surface area contributed by atoms with Crippen molar-refractivity contribution in [2.45, 2.75) is 30.7 Å². The predicted molar refractivity (Wildman–Crippen MR) is 86.0 cm³/mol. The van der Waals surface area contributed by atoms with E-state index in [0.717, 1.165) is 23.4 Å². The zero-order chi connectivity index (χ0) is 15.4. The third kappa shape index (κ3) is 3.63. The summed E-state index contributed by atoms with van der Waals surface area (Å²) in [5.41, 5.74) is 0.671. The molecule has 0 saturated heterocycles.